The molecule has 2 N–H and O–H groups in total. The minimum absolute atomic E-state index is 0.182. The van der Waals surface area contributed by atoms with Crippen LogP contribution in [0.3, 0.4) is 0 Å². The first kappa shape index (κ1) is 40.5. The average Bonchev–Trinajstić information content (AvgIpc) is 4.01. The van der Waals surface area contributed by atoms with E-state index >= 15 is 0 Å². The number of thioether (sulfide) groups is 1. The number of rotatable bonds is 16. The minimum atomic E-state index is -0.556. The van der Waals surface area contributed by atoms with Crippen LogP contribution in [0.1, 0.15) is 72.1 Å². The third kappa shape index (κ3) is 8.69. The zero-order valence-electron chi connectivity index (χ0n) is 35.5. The highest BCUT2D eigenvalue weighted by Crippen LogP contribution is 2.40. The number of hydrogen-bond acceptors (Lipinski definition) is 6. The third-order valence-electron chi connectivity index (χ3n) is 11.9. The first-order chi connectivity index (χ1) is 29.9. The summed E-state index contributed by atoms with van der Waals surface area (Å²) in [5, 5.41) is 4.31. The largest absolute Gasteiger partial charge is 0.490 e. The predicted octanol–water partition coefficient (Wildman–Crippen LogP) is 14.1. The Morgan fingerprint density at radius 2 is 1.02 bits per heavy atom. The topological polar surface area (TPSA) is 92.9 Å². The van der Waals surface area contributed by atoms with Crippen LogP contribution >= 0.6 is 11.8 Å². The summed E-state index contributed by atoms with van der Waals surface area (Å²) in [6.45, 7) is 6.66. The van der Waals surface area contributed by atoms with Crippen molar-refractivity contribution in [2.24, 2.45) is 5.41 Å². The fourth-order valence-corrected chi connectivity index (χ4v) is 9.78. The van der Waals surface area contributed by atoms with Crippen molar-refractivity contribution in [2.45, 2.75) is 72.1 Å². The molecule has 2 aliphatic heterocycles. The molecule has 310 valence electrons. The van der Waals surface area contributed by atoms with E-state index in [1.165, 1.54) is 51.4 Å². The number of H-pyrrole nitrogens is 2. The maximum absolute atomic E-state index is 13.1. The van der Waals surface area contributed by atoms with Gasteiger partial charge in [0.05, 0.1) is 28.2 Å². The van der Waals surface area contributed by atoms with E-state index in [2.05, 4.69) is 126 Å². The van der Waals surface area contributed by atoms with Crippen molar-refractivity contribution in [3.63, 3.8) is 0 Å². The van der Waals surface area contributed by atoms with Crippen LogP contribution in [0.25, 0.3) is 88.6 Å². The lowest BCUT2D eigenvalue weighted by Gasteiger charge is -2.22. The van der Waals surface area contributed by atoms with Gasteiger partial charge in [-0.3, -0.25) is 4.79 Å². The standard InChI is InChI=1S/C53H54N4O3S/c1-4-5-6-7-8-9-10-17-28-61-34-53(2,3)52(58)60-27-26-59-35-24-25-42-43(29-35)51-33-49-41-23-16-15-22-40(41)47(56-49)31-45-37-19-12-11-18-36(37)44(54-45)30-46-38-20-13-14-21-39(38)48(55-46)32-50(42)57-51/h11-16,18-25,29-33,54,57H,4-10,17,26-28,34H2,1-3H3. The first-order valence-corrected chi connectivity index (χ1v) is 23.2. The molecular weight excluding hydrogens is 773 g/mol. The molecule has 0 atom stereocenters. The molecular formula is C53H54N4O3S. The molecule has 0 aliphatic carbocycles. The molecule has 0 fully saturated rings. The Labute approximate surface area is 362 Å². The number of nitrogens with zero attached hydrogens (tertiary/aromatic N) is 2. The smallest absolute Gasteiger partial charge is 0.312 e. The van der Waals surface area contributed by atoms with Gasteiger partial charge in [0, 0.05) is 71.6 Å². The van der Waals surface area contributed by atoms with Crippen molar-refractivity contribution >= 4 is 61.3 Å². The first-order valence-electron chi connectivity index (χ1n) is 22.0. The monoisotopic (exact) mass is 826 g/mol. The van der Waals surface area contributed by atoms with Crippen LogP contribution in [0.5, 0.6) is 5.75 Å². The number of benzene rings is 4. The molecule has 61 heavy (non-hydrogen) atoms. The molecule has 0 spiro atoms. The second-order valence-corrected chi connectivity index (χ2v) is 18.1. The van der Waals surface area contributed by atoms with E-state index in [1.54, 1.807) is 0 Å². The molecule has 4 aromatic carbocycles. The zero-order chi connectivity index (χ0) is 41.8. The number of fused-ring (bicyclic) bond motifs is 20. The van der Waals surface area contributed by atoms with Gasteiger partial charge in [-0.15, -0.1) is 0 Å². The summed E-state index contributed by atoms with van der Waals surface area (Å²) in [6, 6.07) is 40.1. The Kier molecular flexibility index (Phi) is 12.0. The van der Waals surface area contributed by atoms with Gasteiger partial charge in [0.25, 0.3) is 0 Å². The molecule has 7 aromatic rings. The van der Waals surface area contributed by atoms with Crippen molar-refractivity contribution in [2.75, 3.05) is 24.7 Å². The number of esters is 1. The number of hydrogen-bond donors (Lipinski definition) is 2. The van der Waals surface area contributed by atoms with E-state index in [1.807, 2.05) is 31.7 Å². The second kappa shape index (κ2) is 18.0. The van der Waals surface area contributed by atoms with Gasteiger partial charge in [-0.25, -0.2) is 9.97 Å². The summed E-state index contributed by atoms with van der Waals surface area (Å²) >= 11 is 1.85. The van der Waals surface area contributed by atoms with Gasteiger partial charge >= 0.3 is 5.97 Å². The summed E-state index contributed by atoms with van der Waals surface area (Å²) in [5.74, 6) is 2.35. The van der Waals surface area contributed by atoms with E-state index in [0.29, 0.717) is 5.75 Å². The Morgan fingerprint density at radius 3 is 1.54 bits per heavy atom. The summed E-state index contributed by atoms with van der Waals surface area (Å²) < 4.78 is 12.0. The van der Waals surface area contributed by atoms with E-state index in [-0.39, 0.29) is 19.2 Å². The third-order valence-corrected chi connectivity index (χ3v) is 13.4. The van der Waals surface area contributed by atoms with E-state index in [4.69, 9.17) is 19.4 Å². The summed E-state index contributed by atoms with van der Waals surface area (Å²) in [7, 11) is 0. The van der Waals surface area contributed by atoms with Gasteiger partial charge in [-0.1, -0.05) is 125 Å². The quantitative estimate of drug-likeness (QED) is 0.0744. The molecule has 8 heteroatoms. The van der Waals surface area contributed by atoms with Crippen molar-refractivity contribution < 1.29 is 14.3 Å². The predicted molar refractivity (Wildman–Crippen MR) is 255 cm³/mol. The zero-order valence-corrected chi connectivity index (χ0v) is 36.3. The molecule has 0 unspecified atom stereocenters. The number of nitrogens with one attached hydrogen (secondary N) is 2. The number of unbranched alkanes of at least 4 members (excludes halogenated alkanes) is 7. The van der Waals surface area contributed by atoms with Gasteiger partial charge in [0.2, 0.25) is 0 Å². The Hall–Kier alpha value is -5.86. The van der Waals surface area contributed by atoms with Gasteiger partial charge in [-0.2, -0.15) is 11.8 Å². The maximum Gasteiger partial charge on any atom is 0.312 e. The normalized spacial score (nSPS) is 12.1. The van der Waals surface area contributed by atoms with E-state index in [9.17, 15) is 4.79 Å². The number of carbonyl (C=O) groups excluding carboxylic acids is 1. The SMILES string of the molecule is CCCCCCCCCCSCC(C)(C)C(=O)OCCOc1ccc2c3cc4nc(cc5[nH]c(cc6nc(cc([nH]3)c2c1)-c1ccccc1-6)c1ccccc51)-c1ccccc1-4. The second-order valence-electron chi connectivity index (χ2n) is 17.0. The Bertz CT molecular complexity index is 2890. The van der Waals surface area contributed by atoms with Crippen molar-refractivity contribution in [3.8, 4) is 50.8 Å². The lowest BCUT2D eigenvalue weighted by Crippen LogP contribution is -2.30. The van der Waals surface area contributed by atoms with Crippen molar-refractivity contribution in [1.29, 1.82) is 0 Å². The Morgan fingerprint density at radius 1 is 0.557 bits per heavy atom. The van der Waals surface area contributed by atoms with Gasteiger partial charge < -0.3 is 19.4 Å². The highest BCUT2D eigenvalue weighted by molar-refractivity contribution is 7.99. The number of aromatic amines is 2. The van der Waals surface area contributed by atoms with Gasteiger partial charge in [-0.05, 0) is 68.5 Å². The highest BCUT2D eigenvalue weighted by atomic mass is 32.2. The van der Waals surface area contributed by atoms with Crippen LogP contribution < -0.4 is 4.74 Å². The molecule has 9 rings (SSSR count). The Balaban J connectivity index is 0.998. The van der Waals surface area contributed by atoms with Crippen LogP contribution in [-0.4, -0.2) is 50.6 Å². The van der Waals surface area contributed by atoms with Crippen LogP contribution in [-0.2, 0) is 9.53 Å². The van der Waals surface area contributed by atoms with Crippen LogP contribution in [0.15, 0.2) is 115 Å². The minimum Gasteiger partial charge on any atom is -0.490 e. The molecule has 2 aliphatic rings. The van der Waals surface area contributed by atoms with E-state index in [0.717, 1.165) is 100 Å². The highest BCUT2D eigenvalue weighted by Gasteiger charge is 2.29. The van der Waals surface area contributed by atoms with Crippen LogP contribution in [0, 0.1) is 5.41 Å². The lowest BCUT2D eigenvalue weighted by atomic mass is 9.97. The van der Waals surface area contributed by atoms with Gasteiger partial charge in [0.1, 0.15) is 19.0 Å². The lowest BCUT2D eigenvalue weighted by molar-refractivity contribution is -0.153. The molecule has 0 saturated carbocycles. The summed E-state index contributed by atoms with van der Waals surface area (Å²) in [4.78, 5) is 31.1. The molecule has 5 heterocycles. The maximum atomic E-state index is 13.1. The molecule has 0 amide bonds. The number of carbonyl (C=O) groups is 1. The van der Waals surface area contributed by atoms with Crippen LogP contribution in [0.2, 0.25) is 0 Å². The molecule has 0 radical (unpaired) electrons. The molecule has 8 bridgehead atoms. The van der Waals surface area contributed by atoms with Crippen molar-refractivity contribution in [3.05, 3.63) is 115 Å². The molecule has 3 aromatic heterocycles. The molecule has 7 nitrogen and oxygen atoms in total. The van der Waals surface area contributed by atoms with Crippen molar-refractivity contribution in [1.82, 2.24) is 19.9 Å². The summed E-state index contributed by atoms with van der Waals surface area (Å²) in [6.07, 6.45) is 10.5. The number of ether oxygens (including phenoxy) is 2. The summed E-state index contributed by atoms with van der Waals surface area (Å²) in [5.41, 5.74) is 11.2. The number of aromatic nitrogens is 4. The molecule has 0 saturated heterocycles. The average molecular weight is 827 g/mol. The van der Waals surface area contributed by atoms with Crippen LogP contribution in [0.4, 0.5) is 0 Å². The fraction of sp³-hybridized carbons (Fsp3) is 0.302. The van der Waals surface area contributed by atoms with E-state index < -0.39 is 5.41 Å². The fourth-order valence-electron chi connectivity index (χ4n) is 8.60. The van der Waals surface area contributed by atoms with Gasteiger partial charge in [0.15, 0.2) is 0 Å².